The second-order valence-corrected chi connectivity index (χ2v) is 3.66. The van der Waals surface area contributed by atoms with Crippen molar-refractivity contribution in [2.45, 2.75) is 6.92 Å². The first kappa shape index (κ1) is 11.2. The van der Waals surface area contributed by atoms with Crippen LogP contribution in [0.5, 0.6) is 5.75 Å². The summed E-state index contributed by atoms with van der Waals surface area (Å²) in [5, 5.41) is 3.14. The maximum Gasteiger partial charge on any atom is 0.149 e. The molecule has 0 aliphatic rings. The number of aryl methyl sites for hydroxylation is 1. The summed E-state index contributed by atoms with van der Waals surface area (Å²) >= 11 is 0. The molecule has 1 heterocycles. The van der Waals surface area contributed by atoms with Crippen molar-refractivity contribution >= 4 is 17.3 Å². The maximum atomic E-state index is 5.47. The fraction of sp³-hybridized carbons (Fsp3) is 0.167. The molecule has 2 aromatic rings. The minimum Gasteiger partial charge on any atom is -0.495 e. The summed E-state index contributed by atoms with van der Waals surface area (Å²) in [7, 11) is 1.63. The highest BCUT2D eigenvalue weighted by Crippen LogP contribution is 2.27. The fourth-order valence-electron chi connectivity index (χ4n) is 1.46. The first-order valence-electron chi connectivity index (χ1n) is 5.18. The van der Waals surface area contributed by atoms with Crippen molar-refractivity contribution < 1.29 is 4.74 Å². The smallest absolute Gasteiger partial charge is 0.149 e. The largest absolute Gasteiger partial charge is 0.495 e. The number of anilines is 3. The van der Waals surface area contributed by atoms with Gasteiger partial charge in [-0.3, -0.25) is 0 Å². The van der Waals surface area contributed by atoms with Gasteiger partial charge < -0.3 is 15.8 Å². The number of hydrogen-bond acceptors (Lipinski definition) is 5. The first-order valence-corrected chi connectivity index (χ1v) is 5.18. The van der Waals surface area contributed by atoms with Gasteiger partial charge in [0, 0.05) is 0 Å². The molecule has 1 aromatic heterocycles. The summed E-state index contributed by atoms with van der Waals surface area (Å²) in [5.74, 6) is 1.78. The molecule has 17 heavy (non-hydrogen) atoms. The zero-order chi connectivity index (χ0) is 12.3. The lowest BCUT2D eigenvalue weighted by atomic mass is 10.2. The third-order valence-corrected chi connectivity index (χ3v) is 2.29. The van der Waals surface area contributed by atoms with Gasteiger partial charge in [0.05, 0.1) is 25.2 Å². The molecule has 0 unspecified atom stereocenters. The Hall–Kier alpha value is -2.30. The van der Waals surface area contributed by atoms with Gasteiger partial charge in [0.15, 0.2) is 0 Å². The zero-order valence-electron chi connectivity index (χ0n) is 9.77. The highest BCUT2D eigenvalue weighted by molar-refractivity contribution is 5.64. The normalized spacial score (nSPS) is 10.0. The number of ether oxygens (including phenoxy) is 1. The Morgan fingerprint density at radius 1 is 1.24 bits per heavy atom. The lowest BCUT2D eigenvalue weighted by molar-refractivity contribution is 0.416. The highest BCUT2D eigenvalue weighted by atomic mass is 16.5. The van der Waals surface area contributed by atoms with Gasteiger partial charge in [-0.15, -0.1) is 0 Å². The molecular formula is C12H14N4O. The molecule has 5 nitrogen and oxygen atoms in total. The van der Waals surface area contributed by atoms with Crippen LogP contribution in [0.25, 0.3) is 0 Å². The van der Waals surface area contributed by atoms with E-state index in [1.165, 1.54) is 6.20 Å². The summed E-state index contributed by atoms with van der Waals surface area (Å²) in [4.78, 5) is 8.09. The van der Waals surface area contributed by atoms with Gasteiger partial charge in [0.2, 0.25) is 0 Å². The molecule has 0 spiro atoms. The van der Waals surface area contributed by atoms with Crippen LogP contribution in [0, 0.1) is 6.92 Å². The molecule has 3 N–H and O–H groups in total. The van der Waals surface area contributed by atoms with Crippen molar-refractivity contribution in [3.05, 3.63) is 36.2 Å². The number of benzene rings is 1. The third-order valence-electron chi connectivity index (χ3n) is 2.29. The fourth-order valence-corrected chi connectivity index (χ4v) is 1.46. The second-order valence-electron chi connectivity index (χ2n) is 3.66. The van der Waals surface area contributed by atoms with E-state index in [2.05, 4.69) is 15.3 Å². The molecule has 0 aliphatic carbocycles. The Balaban J connectivity index is 2.28. The number of aromatic nitrogens is 2. The van der Waals surface area contributed by atoms with Crippen LogP contribution in [0.4, 0.5) is 17.3 Å². The Bertz CT molecular complexity index is 510. The Morgan fingerprint density at radius 2 is 2.06 bits per heavy atom. The summed E-state index contributed by atoms with van der Waals surface area (Å²) in [6, 6.07) is 5.87. The molecule has 2 rings (SSSR count). The number of rotatable bonds is 3. The van der Waals surface area contributed by atoms with E-state index in [0.717, 1.165) is 17.0 Å². The van der Waals surface area contributed by atoms with Crippen LogP contribution in [0.2, 0.25) is 0 Å². The van der Waals surface area contributed by atoms with Crippen LogP contribution < -0.4 is 15.8 Å². The molecule has 0 saturated heterocycles. The molecule has 0 aliphatic heterocycles. The predicted molar refractivity (Wildman–Crippen MR) is 67.5 cm³/mol. The molecule has 0 atom stereocenters. The van der Waals surface area contributed by atoms with E-state index in [0.29, 0.717) is 11.6 Å². The molecule has 0 saturated carbocycles. The van der Waals surface area contributed by atoms with Gasteiger partial charge in [-0.05, 0) is 24.6 Å². The van der Waals surface area contributed by atoms with Crippen LogP contribution in [0.1, 0.15) is 5.56 Å². The van der Waals surface area contributed by atoms with E-state index >= 15 is 0 Å². The monoisotopic (exact) mass is 230 g/mol. The van der Waals surface area contributed by atoms with Crippen molar-refractivity contribution in [3.63, 3.8) is 0 Å². The van der Waals surface area contributed by atoms with Crippen LogP contribution in [0.3, 0.4) is 0 Å². The van der Waals surface area contributed by atoms with Crippen LogP contribution in [0.15, 0.2) is 30.6 Å². The highest BCUT2D eigenvalue weighted by Gasteiger charge is 2.04. The molecule has 0 bridgehead atoms. The van der Waals surface area contributed by atoms with Crippen LogP contribution in [-0.2, 0) is 0 Å². The van der Waals surface area contributed by atoms with Gasteiger partial charge in [0.25, 0.3) is 0 Å². The molecule has 0 amide bonds. The second kappa shape index (κ2) is 4.69. The van der Waals surface area contributed by atoms with Gasteiger partial charge in [0.1, 0.15) is 17.4 Å². The van der Waals surface area contributed by atoms with E-state index in [-0.39, 0.29) is 0 Å². The average Bonchev–Trinajstić information content (AvgIpc) is 2.32. The quantitative estimate of drug-likeness (QED) is 0.844. The number of nitrogens with zero attached hydrogens (tertiary/aromatic N) is 2. The minimum atomic E-state index is 0.395. The molecule has 88 valence electrons. The molecule has 0 radical (unpaired) electrons. The van der Waals surface area contributed by atoms with Crippen molar-refractivity contribution in [2.75, 3.05) is 18.2 Å². The number of nitrogens with one attached hydrogen (secondary N) is 1. The van der Waals surface area contributed by atoms with Crippen molar-refractivity contribution in [1.29, 1.82) is 0 Å². The predicted octanol–water partition coefficient (Wildman–Crippen LogP) is 2.12. The number of hydrogen-bond donors (Lipinski definition) is 2. The van der Waals surface area contributed by atoms with Gasteiger partial charge in [-0.2, -0.15) is 0 Å². The summed E-state index contributed by atoms with van der Waals surface area (Å²) in [6.07, 6.45) is 3.09. The van der Waals surface area contributed by atoms with E-state index < -0.39 is 0 Å². The first-order chi connectivity index (χ1) is 8.19. The minimum absolute atomic E-state index is 0.395. The number of methoxy groups -OCH3 is 1. The van der Waals surface area contributed by atoms with E-state index in [1.54, 1.807) is 13.3 Å². The van der Waals surface area contributed by atoms with Crippen molar-refractivity contribution in [2.24, 2.45) is 0 Å². The van der Waals surface area contributed by atoms with Gasteiger partial charge >= 0.3 is 0 Å². The van der Waals surface area contributed by atoms with Crippen molar-refractivity contribution in [3.8, 4) is 5.75 Å². The maximum absolute atomic E-state index is 5.47. The number of nitrogen functional groups attached to an aromatic ring is 1. The standard InChI is InChI=1S/C12H14N4O/c1-8-3-4-10(17-2)9(5-8)16-12-7-14-11(13)6-15-12/h3-7H,1-2H3,(H2,13,14)(H,15,16). The Morgan fingerprint density at radius 3 is 2.71 bits per heavy atom. The Labute approximate surface area is 99.7 Å². The van der Waals surface area contributed by atoms with Crippen LogP contribution >= 0.6 is 0 Å². The zero-order valence-corrected chi connectivity index (χ0v) is 9.77. The molecule has 1 aromatic carbocycles. The summed E-state index contributed by atoms with van der Waals surface area (Å²) in [6.45, 7) is 2.01. The Kier molecular flexibility index (Phi) is 3.09. The average molecular weight is 230 g/mol. The molecular weight excluding hydrogens is 216 g/mol. The SMILES string of the molecule is COc1ccc(C)cc1Nc1cnc(N)cn1. The third kappa shape index (κ3) is 2.63. The van der Waals surface area contributed by atoms with Gasteiger partial charge in [-0.1, -0.05) is 6.07 Å². The van der Waals surface area contributed by atoms with E-state index in [4.69, 9.17) is 10.5 Å². The topological polar surface area (TPSA) is 73.1 Å². The summed E-state index contributed by atoms with van der Waals surface area (Å²) in [5.41, 5.74) is 7.46. The molecule has 5 heteroatoms. The van der Waals surface area contributed by atoms with Crippen molar-refractivity contribution in [1.82, 2.24) is 9.97 Å². The van der Waals surface area contributed by atoms with Gasteiger partial charge in [-0.25, -0.2) is 9.97 Å². The number of nitrogens with two attached hydrogens (primary N) is 1. The molecule has 0 fully saturated rings. The van der Waals surface area contributed by atoms with E-state index in [9.17, 15) is 0 Å². The lowest BCUT2D eigenvalue weighted by Crippen LogP contribution is -1.99. The van der Waals surface area contributed by atoms with Crippen LogP contribution in [-0.4, -0.2) is 17.1 Å². The summed E-state index contributed by atoms with van der Waals surface area (Å²) < 4.78 is 5.26. The van der Waals surface area contributed by atoms with E-state index in [1.807, 2.05) is 25.1 Å². The lowest BCUT2D eigenvalue weighted by Gasteiger charge is -2.11.